The molecule has 1 aliphatic heterocycles. The molecule has 2 aromatic rings. The lowest BCUT2D eigenvalue weighted by atomic mass is 10.2. The summed E-state index contributed by atoms with van der Waals surface area (Å²) in [6, 6.07) is 14.8. The van der Waals surface area contributed by atoms with Crippen molar-refractivity contribution < 1.29 is 19.1 Å². The lowest BCUT2D eigenvalue weighted by Crippen LogP contribution is -2.43. The van der Waals surface area contributed by atoms with Gasteiger partial charge in [-0.3, -0.25) is 14.5 Å². The molecule has 1 fully saturated rings. The minimum absolute atomic E-state index is 0.0304. The van der Waals surface area contributed by atoms with Gasteiger partial charge in [0.15, 0.2) is 0 Å². The van der Waals surface area contributed by atoms with Crippen LogP contribution >= 0.6 is 0 Å². The first-order valence-electron chi connectivity index (χ1n) is 9.64. The lowest BCUT2D eigenvalue weighted by Gasteiger charge is -2.18. The smallest absolute Gasteiger partial charge is 0.251 e. The quantitative estimate of drug-likeness (QED) is 0.710. The van der Waals surface area contributed by atoms with Gasteiger partial charge in [0.05, 0.1) is 20.8 Å². The summed E-state index contributed by atoms with van der Waals surface area (Å²) in [4.78, 5) is 26.5. The number of hydrogen-bond donors (Lipinski definition) is 2. The van der Waals surface area contributed by atoms with Gasteiger partial charge in [-0.1, -0.05) is 18.2 Å². The summed E-state index contributed by atoms with van der Waals surface area (Å²) in [6.45, 7) is 2.38. The molecule has 7 nitrogen and oxygen atoms in total. The summed E-state index contributed by atoms with van der Waals surface area (Å²) >= 11 is 0. The molecule has 0 radical (unpaired) electrons. The SMILES string of the molecule is COc1cc(CN2CCC(NC(=O)CNC(=O)c3ccccc3)C2)cc(OC)c1. The minimum atomic E-state index is -0.249. The molecule has 0 aliphatic carbocycles. The van der Waals surface area contributed by atoms with Crippen LogP contribution in [0.1, 0.15) is 22.3 Å². The number of ether oxygens (including phenoxy) is 2. The van der Waals surface area contributed by atoms with Crippen LogP contribution in [0.3, 0.4) is 0 Å². The van der Waals surface area contributed by atoms with Crippen molar-refractivity contribution in [3.63, 3.8) is 0 Å². The molecule has 1 heterocycles. The van der Waals surface area contributed by atoms with E-state index in [1.54, 1.807) is 38.5 Å². The molecule has 1 atom stereocenters. The standard InChI is InChI=1S/C22H27N3O4/c1-28-19-10-16(11-20(12-19)29-2)14-25-9-8-18(15-25)24-21(26)13-23-22(27)17-6-4-3-5-7-17/h3-7,10-12,18H,8-9,13-15H2,1-2H3,(H,23,27)(H,24,26). The number of likely N-dealkylation sites (tertiary alicyclic amines) is 1. The average molecular weight is 397 g/mol. The molecule has 154 valence electrons. The van der Waals surface area contributed by atoms with Gasteiger partial charge in [0.2, 0.25) is 5.91 Å². The van der Waals surface area contributed by atoms with E-state index in [0.717, 1.165) is 43.1 Å². The zero-order valence-electron chi connectivity index (χ0n) is 16.8. The van der Waals surface area contributed by atoms with E-state index in [2.05, 4.69) is 15.5 Å². The molecule has 7 heteroatoms. The molecular formula is C22H27N3O4. The monoisotopic (exact) mass is 397 g/mol. The number of amides is 2. The van der Waals surface area contributed by atoms with Crippen molar-refractivity contribution in [2.24, 2.45) is 0 Å². The largest absolute Gasteiger partial charge is 0.497 e. The van der Waals surface area contributed by atoms with Crippen molar-refractivity contribution in [3.8, 4) is 11.5 Å². The van der Waals surface area contributed by atoms with Gasteiger partial charge in [0.1, 0.15) is 11.5 Å². The van der Waals surface area contributed by atoms with Crippen molar-refractivity contribution in [2.45, 2.75) is 19.0 Å². The Morgan fingerprint density at radius 1 is 1.07 bits per heavy atom. The Morgan fingerprint density at radius 2 is 1.76 bits per heavy atom. The topological polar surface area (TPSA) is 79.9 Å². The molecule has 1 saturated heterocycles. The third kappa shape index (κ3) is 5.96. The Labute approximate surface area is 171 Å². The maximum absolute atomic E-state index is 12.2. The second-order valence-electron chi connectivity index (χ2n) is 7.06. The first-order chi connectivity index (χ1) is 14.1. The van der Waals surface area contributed by atoms with Crippen molar-refractivity contribution in [1.29, 1.82) is 0 Å². The molecule has 1 aliphatic rings. The van der Waals surface area contributed by atoms with Gasteiger partial charge < -0.3 is 20.1 Å². The summed E-state index contributed by atoms with van der Waals surface area (Å²) in [5.74, 6) is 1.10. The van der Waals surface area contributed by atoms with Crippen LogP contribution in [0.4, 0.5) is 0 Å². The van der Waals surface area contributed by atoms with Gasteiger partial charge >= 0.3 is 0 Å². The van der Waals surface area contributed by atoms with Crippen LogP contribution in [-0.2, 0) is 11.3 Å². The first kappa shape index (κ1) is 20.7. The molecule has 0 spiro atoms. The van der Waals surface area contributed by atoms with E-state index < -0.39 is 0 Å². The number of nitrogens with zero attached hydrogens (tertiary/aromatic N) is 1. The molecule has 29 heavy (non-hydrogen) atoms. The Balaban J connectivity index is 1.45. The Morgan fingerprint density at radius 3 is 2.41 bits per heavy atom. The number of benzene rings is 2. The molecule has 0 aromatic heterocycles. The fourth-order valence-electron chi connectivity index (χ4n) is 3.44. The van der Waals surface area contributed by atoms with Crippen LogP contribution in [0.2, 0.25) is 0 Å². The number of rotatable bonds is 8. The Bertz CT molecular complexity index is 819. The molecule has 2 aromatic carbocycles. The summed E-state index contributed by atoms with van der Waals surface area (Å²) in [6.07, 6.45) is 0.874. The predicted molar refractivity (Wildman–Crippen MR) is 110 cm³/mol. The van der Waals surface area contributed by atoms with Crippen LogP contribution in [0.5, 0.6) is 11.5 Å². The number of methoxy groups -OCH3 is 2. The van der Waals surface area contributed by atoms with E-state index in [-0.39, 0.29) is 24.4 Å². The van der Waals surface area contributed by atoms with E-state index in [9.17, 15) is 9.59 Å². The molecule has 1 unspecified atom stereocenters. The maximum Gasteiger partial charge on any atom is 0.251 e. The fraction of sp³-hybridized carbons (Fsp3) is 0.364. The highest BCUT2D eigenvalue weighted by Crippen LogP contribution is 2.24. The van der Waals surface area contributed by atoms with E-state index in [1.807, 2.05) is 24.3 Å². The molecule has 3 rings (SSSR count). The average Bonchev–Trinajstić information content (AvgIpc) is 3.18. The van der Waals surface area contributed by atoms with E-state index in [0.29, 0.717) is 5.56 Å². The van der Waals surface area contributed by atoms with Gasteiger partial charge in [-0.15, -0.1) is 0 Å². The predicted octanol–water partition coefficient (Wildman–Crippen LogP) is 1.82. The van der Waals surface area contributed by atoms with Gasteiger partial charge in [-0.2, -0.15) is 0 Å². The molecule has 0 bridgehead atoms. The molecular weight excluding hydrogens is 370 g/mol. The third-order valence-corrected chi connectivity index (χ3v) is 4.90. The minimum Gasteiger partial charge on any atom is -0.497 e. The zero-order chi connectivity index (χ0) is 20.6. The van der Waals surface area contributed by atoms with E-state index in [4.69, 9.17) is 9.47 Å². The third-order valence-electron chi connectivity index (χ3n) is 4.90. The normalized spacial score (nSPS) is 16.3. The van der Waals surface area contributed by atoms with Crippen molar-refractivity contribution in [1.82, 2.24) is 15.5 Å². The summed E-state index contributed by atoms with van der Waals surface area (Å²) < 4.78 is 10.6. The van der Waals surface area contributed by atoms with Crippen LogP contribution in [0.15, 0.2) is 48.5 Å². The van der Waals surface area contributed by atoms with Crippen LogP contribution in [0, 0.1) is 0 Å². The summed E-state index contributed by atoms with van der Waals surface area (Å²) in [7, 11) is 3.27. The van der Waals surface area contributed by atoms with Crippen molar-refractivity contribution in [2.75, 3.05) is 33.9 Å². The van der Waals surface area contributed by atoms with Gasteiger partial charge in [-0.25, -0.2) is 0 Å². The second-order valence-corrected chi connectivity index (χ2v) is 7.06. The molecule has 2 N–H and O–H groups in total. The van der Waals surface area contributed by atoms with Crippen molar-refractivity contribution in [3.05, 3.63) is 59.7 Å². The number of carbonyl (C=O) groups is 2. The highest BCUT2D eigenvalue weighted by atomic mass is 16.5. The number of nitrogens with one attached hydrogen (secondary N) is 2. The molecule has 2 amide bonds. The van der Waals surface area contributed by atoms with Gasteiger partial charge in [0, 0.05) is 37.3 Å². The highest BCUT2D eigenvalue weighted by molar-refractivity contribution is 5.96. The second kappa shape index (κ2) is 9.93. The van der Waals surface area contributed by atoms with Crippen LogP contribution in [0.25, 0.3) is 0 Å². The Hall–Kier alpha value is -3.06. The lowest BCUT2D eigenvalue weighted by molar-refractivity contribution is -0.120. The summed E-state index contributed by atoms with van der Waals surface area (Å²) in [5, 5.41) is 5.66. The number of carbonyl (C=O) groups excluding carboxylic acids is 2. The van der Waals surface area contributed by atoms with E-state index >= 15 is 0 Å². The molecule has 0 saturated carbocycles. The maximum atomic E-state index is 12.2. The zero-order valence-corrected chi connectivity index (χ0v) is 16.8. The van der Waals surface area contributed by atoms with Crippen LogP contribution in [-0.4, -0.2) is 56.6 Å². The van der Waals surface area contributed by atoms with E-state index in [1.165, 1.54) is 0 Å². The highest BCUT2D eigenvalue weighted by Gasteiger charge is 2.24. The van der Waals surface area contributed by atoms with Gasteiger partial charge in [-0.05, 0) is 36.2 Å². The fourth-order valence-corrected chi connectivity index (χ4v) is 3.44. The number of hydrogen-bond acceptors (Lipinski definition) is 5. The summed E-state index contributed by atoms with van der Waals surface area (Å²) in [5.41, 5.74) is 1.64. The van der Waals surface area contributed by atoms with Crippen molar-refractivity contribution >= 4 is 11.8 Å². The van der Waals surface area contributed by atoms with Crippen LogP contribution < -0.4 is 20.1 Å². The Kier molecular flexibility index (Phi) is 7.08. The first-order valence-corrected chi connectivity index (χ1v) is 9.64. The van der Waals surface area contributed by atoms with Gasteiger partial charge in [0.25, 0.3) is 5.91 Å².